The van der Waals surface area contributed by atoms with E-state index in [9.17, 15) is 10.1 Å². The first-order valence-electron chi connectivity index (χ1n) is 6.03. The normalized spacial score (nSPS) is 17.2. The summed E-state index contributed by atoms with van der Waals surface area (Å²) in [5.74, 6) is 0.289. The van der Waals surface area contributed by atoms with Crippen molar-refractivity contribution in [3.63, 3.8) is 0 Å². The molecule has 0 bridgehead atoms. The third-order valence-corrected chi connectivity index (χ3v) is 3.54. The Hall–Kier alpha value is -2.37. The predicted octanol–water partition coefficient (Wildman–Crippen LogP) is 2.34. The summed E-state index contributed by atoms with van der Waals surface area (Å²) in [4.78, 5) is 14.8. The van der Waals surface area contributed by atoms with Gasteiger partial charge in [0, 0.05) is 18.0 Å². The van der Waals surface area contributed by atoms with Gasteiger partial charge in [-0.1, -0.05) is 6.07 Å². The number of aromatic nitrogens is 2. The number of nitrogens with zero attached hydrogens (tertiary/aromatic N) is 3. The predicted molar refractivity (Wildman–Crippen MR) is 68.3 cm³/mol. The van der Waals surface area contributed by atoms with Crippen LogP contribution in [0.5, 0.6) is 5.75 Å². The largest absolute Gasteiger partial charge is 0.490 e. The molecule has 1 aromatic carbocycles. The van der Waals surface area contributed by atoms with Crippen LogP contribution in [0.4, 0.5) is 5.69 Å². The zero-order valence-electron chi connectivity index (χ0n) is 10.4. The summed E-state index contributed by atoms with van der Waals surface area (Å²) >= 11 is 0. The molecule has 0 amide bonds. The van der Waals surface area contributed by atoms with Crippen molar-refractivity contribution in [1.29, 1.82) is 0 Å². The summed E-state index contributed by atoms with van der Waals surface area (Å²) in [6, 6.07) is 5.26. The van der Waals surface area contributed by atoms with E-state index in [1.807, 2.05) is 12.3 Å². The van der Waals surface area contributed by atoms with Crippen LogP contribution in [0.15, 0.2) is 30.7 Å². The molecular formula is C13H13N3O3. The lowest BCUT2D eigenvalue weighted by atomic mass is 10.0. The van der Waals surface area contributed by atoms with Crippen molar-refractivity contribution in [2.45, 2.75) is 18.9 Å². The lowest BCUT2D eigenvalue weighted by Crippen LogP contribution is -2.05. The van der Waals surface area contributed by atoms with Crippen LogP contribution in [-0.2, 0) is 6.42 Å². The number of ether oxygens (including phenoxy) is 1. The first-order valence-corrected chi connectivity index (χ1v) is 6.03. The average molecular weight is 259 g/mol. The Bertz CT molecular complexity index is 636. The molecule has 0 fully saturated rings. The number of fused-ring (bicyclic) bond motifs is 1. The lowest BCUT2D eigenvalue weighted by molar-refractivity contribution is -0.385. The molecule has 2 heterocycles. The van der Waals surface area contributed by atoms with Gasteiger partial charge in [0.1, 0.15) is 0 Å². The smallest absolute Gasteiger partial charge is 0.311 e. The second kappa shape index (κ2) is 4.38. The fourth-order valence-corrected chi connectivity index (χ4v) is 2.61. The third-order valence-electron chi connectivity index (χ3n) is 3.54. The molecule has 98 valence electrons. The first kappa shape index (κ1) is 11.7. The summed E-state index contributed by atoms with van der Waals surface area (Å²) in [5, 5.41) is 11.0. The van der Waals surface area contributed by atoms with Gasteiger partial charge < -0.3 is 9.30 Å². The summed E-state index contributed by atoms with van der Waals surface area (Å²) in [7, 11) is 1.44. The van der Waals surface area contributed by atoms with Crippen molar-refractivity contribution in [3.8, 4) is 5.75 Å². The van der Waals surface area contributed by atoms with E-state index in [4.69, 9.17) is 4.74 Å². The Morgan fingerprint density at radius 2 is 2.37 bits per heavy atom. The van der Waals surface area contributed by atoms with Gasteiger partial charge in [0.2, 0.25) is 0 Å². The van der Waals surface area contributed by atoms with Gasteiger partial charge in [0.05, 0.1) is 24.4 Å². The maximum Gasteiger partial charge on any atom is 0.311 e. The third kappa shape index (κ3) is 1.85. The fraction of sp³-hybridized carbons (Fsp3) is 0.308. The quantitative estimate of drug-likeness (QED) is 0.626. The minimum atomic E-state index is -0.411. The molecule has 6 heteroatoms. The van der Waals surface area contributed by atoms with E-state index in [0.717, 1.165) is 18.4 Å². The van der Waals surface area contributed by atoms with Crippen LogP contribution >= 0.6 is 0 Å². The van der Waals surface area contributed by atoms with Gasteiger partial charge in [0.25, 0.3) is 0 Å². The molecule has 0 spiro atoms. The van der Waals surface area contributed by atoms with Crippen LogP contribution in [0.1, 0.15) is 23.7 Å². The van der Waals surface area contributed by atoms with Crippen LogP contribution in [0, 0.1) is 10.1 Å². The van der Waals surface area contributed by atoms with Crippen molar-refractivity contribution in [1.82, 2.24) is 9.55 Å². The lowest BCUT2D eigenvalue weighted by Gasteiger charge is -2.13. The van der Waals surface area contributed by atoms with Crippen molar-refractivity contribution in [2.75, 3.05) is 7.11 Å². The molecule has 1 aliphatic rings. The molecule has 0 N–H and O–H groups in total. The molecule has 3 rings (SSSR count). The Labute approximate surface area is 109 Å². The molecule has 1 aromatic heterocycles. The van der Waals surface area contributed by atoms with Crippen LogP contribution in [0.3, 0.4) is 0 Å². The molecule has 0 aliphatic carbocycles. The Morgan fingerprint density at radius 3 is 3.11 bits per heavy atom. The van der Waals surface area contributed by atoms with Crippen LogP contribution in [0.25, 0.3) is 0 Å². The molecule has 2 aromatic rings. The van der Waals surface area contributed by atoms with Crippen LogP contribution in [-0.4, -0.2) is 21.6 Å². The summed E-state index contributed by atoms with van der Waals surface area (Å²) < 4.78 is 7.09. The molecule has 0 saturated carbocycles. The highest BCUT2D eigenvalue weighted by Crippen LogP contribution is 2.36. The number of nitro groups is 1. The first-order chi connectivity index (χ1) is 9.20. The number of aryl methyl sites for hydroxylation is 1. The summed E-state index contributed by atoms with van der Waals surface area (Å²) in [6.45, 7) is 0. The van der Waals surface area contributed by atoms with E-state index in [1.165, 1.54) is 12.8 Å². The van der Waals surface area contributed by atoms with Gasteiger partial charge in [-0.25, -0.2) is 4.98 Å². The zero-order valence-corrected chi connectivity index (χ0v) is 10.4. The highest BCUT2D eigenvalue weighted by Gasteiger charge is 2.26. The SMILES string of the molecule is COc1ccc(C2CCc3cncn32)cc1[N+](=O)[O-]. The number of methoxy groups -OCH3 is 1. The van der Waals surface area contributed by atoms with Crippen molar-refractivity contribution >= 4 is 5.69 Å². The zero-order chi connectivity index (χ0) is 13.4. The van der Waals surface area contributed by atoms with Gasteiger partial charge in [0.15, 0.2) is 5.75 Å². The van der Waals surface area contributed by atoms with Crippen LogP contribution < -0.4 is 4.74 Å². The molecular weight excluding hydrogens is 246 g/mol. The fourth-order valence-electron chi connectivity index (χ4n) is 2.61. The maximum absolute atomic E-state index is 11.0. The highest BCUT2D eigenvalue weighted by atomic mass is 16.6. The average Bonchev–Trinajstić information content (AvgIpc) is 3.00. The Balaban J connectivity index is 2.03. The Kier molecular flexibility index (Phi) is 2.70. The molecule has 1 atom stereocenters. The topological polar surface area (TPSA) is 70.2 Å². The van der Waals surface area contributed by atoms with E-state index < -0.39 is 4.92 Å². The second-order valence-corrected chi connectivity index (χ2v) is 4.54. The van der Waals surface area contributed by atoms with Gasteiger partial charge >= 0.3 is 5.69 Å². The monoisotopic (exact) mass is 259 g/mol. The molecule has 1 unspecified atom stereocenters. The van der Waals surface area contributed by atoms with E-state index in [1.54, 1.807) is 18.5 Å². The number of benzene rings is 1. The summed E-state index contributed by atoms with van der Waals surface area (Å²) in [5.41, 5.74) is 2.10. The van der Waals surface area contributed by atoms with Crippen LogP contribution in [0.2, 0.25) is 0 Å². The van der Waals surface area contributed by atoms with E-state index in [2.05, 4.69) is 9.55 Å². The van der Waals surface area contributed by atoms with Gasteiger partial charge in [-0.15, -0.1) is 0 Å². The molecule has 0 radical (unpaired) electrons. The van der Waals surface area contributed by atoms with Crippen molar-refractivity contribution < 1.29 is 9.66 Å². The standard InChI is InChI=1S/C13H13N3O3/c1-19-13-5-2-9(6-12(13)16(17)18)11-4-3-10-7-14-8-15(10)11/h2,5-8,11H,3-4H2,1H3. The van der Waals surface area contributed by atoms with E-state index in [-0.39, 0.29) is 17.5 Å². The van der Waals surface area contributed by atoms with Crippen molar-refractivity contribution in [2.24, 2.45) is 0 Å². The highest BCUT2D eigenvalue weighted by molar-refractivity contribution is 5.49. The molecule has 0 saturated heterocycles. The number of imidazole rings is 1. The number of rotatable bonds is 3. The maximum atomic E-state index is 11.0. The van der Waals surface area contributed by atoms with E-state index >= 15 is 0 Å². The number of nitro benzene ring substituents is 1. The number of hydrogen-bond donors (Lipinski definition) is 0. The molecule has 19 heavy (non-hydrogen) atoms. The molecule has 6 nitrogen and oxygen atoms in total. The number of hydrogen-bond acceptors (Lipinski definition) is 4. The summed E-state index contributed by atoms with van der Waals surface area (Å²) in [6.07, 6.45) is 5.52. The molecule has 1 aliphatic heterocycles. The minimum Gasteiger partial charge on any atom is -0.490 e. The van der Waals surface area contributed by atoms with Gasteiger partial charge in [-0.2, -0.15) is 0 Å². The minimum absolute atomic E-state index is 0.00793. The van der Waals surface area contributed by atoms with Crippen molar-refractivity contribution in [3.05, 3.63) is 52.1 Å². The van der Waals surface area contributed by atoms with Gasteiger partial charge in [-0.3, -0.25) is 10.1 Å². The van der Waals surface area contributed by atoms with E-state index in [0.29, 0.717) is 0 Å². The van der Waals surface area contributed by atoms with Gasteiger partial charge in [-0.05, 0) is 24.5 Å². The Morgan fingerprint density at radius 1 is 1.53 bits per heavy atom. The second-order valence-electron chi connectivity index (χ2n) is 4.54.